The van der Waals surface area contributed by atoms with Gasteiger partial charge >= 0.3 is 0 Å². The van der Waals surface area contributed by atoms with Crippen LogP contribution in [0, 0.1) is 0 Å². The molecule has 0 saturated heterocycles. The molecule has 0 atom stereocenters. The zero-order valence-corrected chi connectivity index (χ0v) is 12.4. The third-order valence-electron chi connectivity index (χ3n) is 1.66. The van der Waals surface area contributed by atoms with Crippen LogP contribution >= 0.6 is 0 Å². The third-order valence-corrected chi connectivity index (χ3v) is 1.66. The average molecular weight is 288 g/mol. The number of hydrogen-bond donors (Lipinski definition) is 0. The summed E-state index contributed by atoms with van der Waals surface area (Å²) < 4.78 is 0. The summed E-state index contributed by atoms with van der Waals surface area (Å²) >= 11 is 0. The molecule has 0 radical (unpaired) electrons. The summed E-state index contributed by atoms with van der Waals surface area (Å²) in [4.78, 5) is 49.6. The lowest BCUT2D eigenvalue weighted by Gasteiger charge is -1.86. The van der Waals surface area contributed by atoms with Gasteiger partial charge in [0.15, 0.2) is 0 Å². The molecule has 0 rings (SSSR count). The van der Waals surface area contributed by atoms with Crippen LogP contribution < -0.4 is 0 Å². The van der Waals surface area contributed by atoms with E-state index in [2.05, 4.69) is 0 Å². The van der Waals surface area contributed by atoms with Crippen LogP contribution in [0.2, 0.25) is 0 Å². The molecule has 0 aliphatic carbocycles. The molecule has 5 heteroatoms. The standard InChI is InChI=1S/2C6H10O2.C2H4O.CH4/c2*1-5(7)3-4-6(2)8;1-2-3;/h2*3-4H2,1-2H3;2H,1H3;1H4. The Morgan fingerprint density at radius 2 is 0.750 bits per heavy atom. The number of Topliss-reactive ketones (excluding diaryl/α,β-unsaturated/α-hetero) is 4. The van der Waals surface area contributed by atoms with E-state index >= 15 is 0 Å². The molecule has 0 amide bonds. The maximum Gasteiger partial charge on any atom is 0.130 e. The molecule has 0 aliphatic heterocycles. The van der Waals surface area contributed by atoms with Crippen molar-refractivity contribution in [2.75, 3.05) is 0 Å². The zero-order valence-electron chi connectivity index (χ0n) is 12.4. The van der Waals surface area contributed by atoms with Gasteiger partial charge in [-0.1, -0.05) is 7.43 Å². The van der Waals surface area contributed by atoms with Gasteiger partial charge in [-0.2, -0.15) is 0 Å². The van der Waals surface area contributed by atoms with E-state index in [4.69, 9.17) is 4.79 Å². The number of aldehydes is 1. The Kier molecular flexibility index (Phi) is 26.4. The first-order valence-corrected chi connectivity index (χ1v) is 6.04. The Bertz CT molecular complexity index is 249. The van der Waals surface area contributed by atoms with E-state index in [1.165, 1.54) is 34.6 Å². The maximum atomic E-state index is 10.2. The molecule has 0 aromatic carbocycles. The number of hydrogen-bond acceptors (Lipinski definition) is 5. The van der Waals surface area contributed by atoms with Gasteiger partial charge in [-0.05, 0) is 34.6 Å². The quantitative estimate of drug-likeness (QED) is 0.701. The Labute approximate surface area is 122 Å². The van der Waals surface area contributed by atoms with E-state index in [9.17, 15) is 19.2 Å². The SMILES string of the molecule is C.CC(=O)CCC(C)=O.CC(=O)CCC(C)=O.CC=O. The fourth-order valence-corrected chi connectivity index (χ4v) is 0.704. The molecule has 0 bridgehead atoms. The normalized spacial score (nSPS) is 7.65. The summed E-state index contributed by atoms with van der Waals surface area (Å²) in [5.41, 5.74) is 0. The second-order valence-corrected chi connectivity index (χ2v) is 4.04. The van der Waals surface area contributed by atoms with Crippen LogP contribution in [-0.4, -0.2) is 29.4 Å². The predicted molar refractivity (Wildman–Crippen MR) is 79.7 cm³/mol. The molecule has 0 fully saturated rings. The number of carbonyl (C=O) groups excluding carboxylic acids is 5. The smallest absolute Gasteiger partial charge is 0.130 e. The van der Waals surface area contributed by atoms with Gasteiger partial charge in [0.05, 0.1) is 0 Å². The molecule has 0 spiro atoms. The lowest BCUT2D eigenvalue weighted by molar-refractivity contribution is -0.122. The third kappa shape index (κ3) is 55.3. The predicted octanol–water partition coefficient (Wildman–Crippen LogP) is 2.73. The van der Waals surface area contributed by atoms with Gasteiger partial charge in [-0.25, -0.2) is 0 Å². The van der Waals surface area contributed by atoms with E-state index in [0.717, 1.165) is 6.29 Å². The van der Waals surface area contributed by atoms with Gasteiger partial charge < -0.3 is 24.0 Å². The summed E-state index contributed by atoms with van der Waals surface area (Å²) in [7, 11) is 0. The van der Waals surface area contributed by atoms with Crippen molar-refractivity contribution in [1.29, 1.82) is 0 Å². The highest BCUT2D eigenvalue weighted by Gasteiger charge is 1.95. The van der Waals surface area contributed by atoms with Crippen molar-refractivity contribution in [3.05, 3.63) is 0 Å². The second-order valence-electron chi connectivity index (χ2n) is 4.04. The molecule has 0 N–H and O–H groups in total. The summed E-state index contributed by atoms with van der Waals surface area (Å²) in [6.07, 6.45) is 2.34. The van der Waals surface area contributed by atoms with Crippen LogP contribution in [0.5, 0.6) is 0 Å². The van der Waals surface area contributed by atoms with Crippen molar-refractivity contribution in [3.63, 3.8) is 0 Å². The van der Waals surface area contributed by atoms with Gasteiger partial charge in [-0.15, -0.1) is 0 Å². The van der Waals surface area contributed by atoms with E-state index in [-0.39, 0.29) is 30.6 Å². The van der Waals surface area contributed by atoms with Crippen molar-refractivity contribution in [2.45, 2.75) is 67.7 Å². The summed E-state index contributed by atoms with van der Waals surface area (Å²) in [6.45, 7) is 7.40. The first kappa shape index (κ1) is 26.8. The van der Waals surface area contributed by atoms with Crippen LogP contribution in [0.4, 0.5) is 0 Å². The number of ketones is 4. The van der Waals surface area contributed by atoms with Crippen LogP contribution in [0.15, 0.2) is 0 Å². The van der Waals surface area contributed by atoms with Gasteiger partial charge in [0, 0.05) is 25.7 Å². The zero-order chi connectivity index (χ0) is 15.8. The molecule has 0 aromatic heterocycles. The Morgan fingerprint density at radius 1 is 0.650 bits per heavy atom. The van der Waals surface area contributed by atoms with Crippen LogP contribution in [0.3, 0.4) is 0 Å². The molecular weight excluding hydrogens is 260 g/mol. The largest absolute Gasteiger partial charge is 0.304 e. The molecular formula is C15H28O5. The fraction of sp³-hybridized carbons (Fsp3) is 0.667. The van der Waals surface area contributed by atoms with Crippen LogP contribution in [0.25, 0.3) is 0 Å². The van der Waals surface area contributed by atoms with Gasteiger partial charge in [0.25, 0.3) is 0 Å². The minimum Gasteiger partial charge on any atom is -0.304 e. The minimum absolute atomic E-state index is 0. The highest BCUT2D eigenvalue weighted by molar-refractivity contribution is 5.83. The first-order chi connectivity index (χ1) is 8.67. The molecule has 20 heavy (non-hydrogen) atoms. The van der Waals surface area contributed by atoms with Gasteiger partial charge in [0.2, 0.25) is 0 Å². The van der Waals surface area contributed by atoms with E-state index in [1.54, 1.807) is 0 Å². The molecule has 5 nitrogen and oxygen atoms in total. The Morgan fingerprint density at radius 3 is 0.800 bits per heavy atom. The van der Waals surface area contributed by atoms with Crippen LogP contribution in [0.1, 0.15) is 67.7 Å². The highest BCUT2D eigenvalue weighted by atomic mass is 16.1. The first-order valence-electron chi connectivity index (χ1n) is 6.04. The van der Waals surface area contributed by atoms with Gasteiger partial charge in [0.1, 0.15) is 29.4 Å². The Balaban J connectivity index is -0.000000103. The van der Waals surface area contributed by atoms with E-state index < -0.39 is 0 Å². The molecule has 0 aromatic rings. The summed E-state index contributed by atoms with van der Waals surface area (Å²) in [5, 5.41) is 0. The highest BCUT2D eigenvalue weighted by Crippen LogP contribution is 1.90. The average Bonchev–Trinajstić information content (AvgIpc) is 2.25. The van der Waals surface area contributed by atoms with E-state index in [1.807, 2.05) is 0 Å². The van der Waals surface area contributed by atoms with Crippen LogP contribution in [-0.2, 0) is 24.0 Å². The fourth-order valence-electron chi connectivity index (χ4n) is 0.704. The topological polar surface area (TPSA) is 85.3 Å². The summed E-state index contributed by atoms with van der Waals surface area (Å²) in [5.74, 6) is 0.334. The lowest BCUT2D eigenvalue weighted by atomic mass is 10.2. The second kappa shape index (κ2) is 19.7. The molecule has 118 valence electrons. The Hall–Kier alpha value is -1.65. The monoisotopic (exact) mass is 288 g/mol. The molecule has 0 saturated carbocycles. The lowest BCUT2D eigenvalue weighted by Crippen LogP contribution is -1.95. The van der Waals surface area contributed by atoms with Crippen molar-refractivity contribution in [1.82, 2.24) is 0 Å². The van der Waals surface area contributed by atoms with Crippen molar-refractivity contribution in [3.8, 4) is 0 Å². The molecule has 0 heterocycles. The molecule has 0 aliphatic rings. The summed E-state index contributed by atoms with van der Waals surface area (Å²) in [6, 6.07) is 0. The molecule has 0 unspecified atom stereocenters. The maximum absolute atomic E-state index is 10.2. The van der Waals surface area contributed by atoms with Crippen molar-refractivity contribution < 1.29 is 24.0 Å². The van der Waals surface area contributed by atoms with Crippen molar-refractivity contribution in [2.24, 2.45) is 0 Å². The van der Waals surface area contributed by atoms with Gasteiger partial charge in [-0.3, -0.25) is 0 Å². The number of carbonyl (C=O) groups is 5. The van der Waals surface area contributed by atoms with Crippen molar-refractivity contribution >= 4 is 29.4 Å². The minimum atomic E-state index is 0. The number of rotatable bonds is 6. The van der Waals surface area contributed by atoms with E-state index in [0.29, 0.717) is 25.7 Å².